The highest BCUT2D eigenvalue weighted by Gasteiger charge is 2.36. The predicted octanol–water partition coefficient (Wildman–Crippen LogP) is 1.27. The van der Waals surface area contributed by atoms with E-state index in [2.05, 4.69) is 24.5 Å². The van der Waals surface area contributed by atoms with Gasteiger partial charge in [0.15, 0.2) is 0 Å². The molecular formula is C16H21N3O4. The van der Waals surface area contributed by atoms with Crippen molar-refractivity contribution in [2.75, 3.05) is 13.1 Å². The maximum atomic E-state index is 12.3. The van der Waals surface area contributed by atoms with E-state index in [0.717, 1.165) is 34.8 Å². The Balaban J connectivity index is 1.73. The van der Waals surface area contributed by atoms with Crippen LogP contribution < -0.4 is 10.6 Å². The van der Waals surface area contributed by atoms with Crippen LogP contribution in [0.5, 0.6) is 0 Å². The molecule has 0 aromatic carbocycles. The summed E-state index contributed by atoms with van der Waals surface area (Å²) in [6, 6.07) is 1.26. The van der Waals surface area contributed by atoms with Gasteiger partial charge in [-0.15, -0.1) is 0 Å². The van der Waals surface area contributed by atoms with Crippen LogP contribution in [0.4, 0.5) is 4.79 Å². The average Bonchev–Trinajstić information content (AvgIpc) is 2.94. The van der Waals surface area contributed by atoms with Gasteiger partial charge in [-0.25, -0.2) is 4.79 Å². The SMILES string of the molecule is Cc1cc2c(o1)CC(C)(C)C[C@@H]2NC(=O)CN1C(=O)CNC1=O. The lowest BCUT2D eigenvalue weighted by atomic mass is 9.74. The molecule has 0 saturated carbocycles. The Labute approximate surface area is 134 Å². The Kier molecular flexibility index (Phi) is 3.66. The molecule has 0 bridgehead atoms. The summed E-state index contributed by atoms with van der Waals surface area (Å²) in [7, 11) is 0. The Morgan fingerprint density at radius 1 is 1.48 bits per heavy atom. The first-order valence-corrected chi connectivity index (χ1v) is 7.72. The van der Waals surface area contributed by atoms with Crippen molar-refractivity contribution in [2.45, 2.75) is 39.7 Å². The highest BCUT2D eigenvalue weighted by atomic mass is 16.3. The van der Waals surface area contributed by atoms with Crippen LogP contribution >= 0.6 is 0 Å². The first-order chi connectivity index (χ1) is 10.7. The smallest absolute Gasteiger partial charge is 0.325 e. The normalized spacial score (nSPS) is 22.7. The molecule has 1 aliphatic carbocycles. The van der Waals surface area contributed by atoms with E-state index in [-0.39, 0.29) is 36.4 Å². The molecule has 4 amide bonds. The summed E-state index contributed by atoms with van der Waals surface area (Å²) in [6.07, 6.45) is 1.61. The van der Waals surface area contributed by atoms with Crippen LogP contribution in [-0.4, -0.2) is 35.8 Å². The first-order valence-electron chi connectivity index (χ1n) is 7.72. The van der Waals surface area contributed by atoms with Gasteiger partial charge >= 0.3 is 6.03 Å². The monoisotopic (exact) mass is 319 g/mol. The van der Waals surface area contributed by atoms with Crippen molar-refractivity contribution in [1.82, 2.24) is 15.5 Å². The lowest BCUT2D eigenvalue weighted by molar-refractivity contribution is -0.131. The number of fused-ring (bicyclic) bond motifs is 1. The Morgan fingerprint density at radius 2 is 2.22 bits per heavy atom. The standard InChI is InChI=1S/C16H21N3O4/c1-9-4-10-11(5-16(2,3)6-12(10)23-9)18-13(20)8-19-14(21)7-17-15(19)22/h4,11H,5-8H2,1-3H3,(H,17,22)(H,18,20)/t11-/m0/s1. The molecule has 1 aliphatic heterocycles. The molecule has 23 heavy (non-hydrogen) atoms. The van der Waals surface area contributed by atoms with Gasteiger partial charge in [0.05, 0.1) is 12.6 Å². The molecular weight excluding hydrogens is 298 g/mol. The molecule has 1 aromatic heterocycles. The van der Waals surface area contributed by atoms with Crippen molar-refractivity contribution < 1.29 is 18.8 Å². The van der Waals surface area contributed by atoms with E-state index < -0.39 is 6.03 Å². The van der Waals surface area contributed by atoms with E-state index >= 15 is 0 Å². The van der Waals surface area contributed by atoms with Crippen molar-refractivity contribution >= 4 is 17.8 Å². The molecule has 1 aromatic rings. The zero-order valence-electron chi connectivity index (χ0n) is 13.6. The number of nitrogens with one attached hydrogen (secondary N) is 2. The van der Waals surface area contributed by atoms with E-state index in [1.807, 2.05) is 13.0 Å². The molecule has 2 aliphatic rings. The number of imide groups is 1. The van der Waals surface area contributed by atoms with Gasteiger partial charge in [-0.2, -0.15) is 0 Å². The van der Waals surface area contributed by atoms with E-state index in [9.17, 15) is 14.4 Å². The highest BCUT2D eigenvalue weighted by Crippen LogP contribution is 2.41. The van der Waals surface area contributed by atoms with Crippen LogP contribution in [0.1, 0.15) is 43.4 Å². The average molecular weight is 319 g/mol. The van der Waals surface area contributed by atoms with Crippen molar-refractivity contribution in [1.29, 1.82) is 0 Å². The predicted molar refractivity (Wildman–Crippen MR) is 81.5 cm³/mol. The number of urea groups is 1. The fourth-order valence-corrected chi connectivity index (χ4v) is 3.31. The van der Waals surface area contributed by atoms with Crippen molar-refractivity contribution in [3.63, 3.8) is 0 Å². The minimum absolute atomic E-state index is 0.01000. The number of nitrogens with zero attached hydrogens (tertiary/aromatic N) is 1. The third kappa shape index (κ3) is 3.09. The largest absolute Gasteiger partial charge is 0.466 e. The number of hydrogen-bond donors (Lipinski definition) is 2. The van der Waals surface area contributed by atoms with Gasteiger partial charge in [0, 0.05) is 12.0 Å². The highest BCUT2D eigenvalue weighted by molar-refractivity contribution is 6.04. The second-order valence-electron chi connectivity index (χ2n) is 7.04. The molecule has 1 atom stereocenters. The van der Waals surface area contributed by atoms with E-state index in [1.54, 1.807) is 0 Å². The maximum absolute atomic E-state index is 12.3. The zero-order valence-corrected chi connectivity index (χ0v) is 13.6. The van der Waals surface area contributed by atoms with Crippen LogP contribution in [0.3, 0.4) is 0 Å². The molecule has 7 heteroatoms. The summed E-state index contributed by atoms with van der Waals surface area (Å²) in [5.41, 5.74) is 1.00. The van der Waals surface area contributed by atoms with Crippen LogP contribution in [0.2, 0.25) is 0 Å². The Morgan fingerprint density at radius 3 is 2.87 bits per heavy atom. The van der Waals surface area contributed by atoms with Gasteiger partial charge in [-0.1, -0.05) is 13.8 Å². The molecule has 0 unspecified atom stereocenters. The lowest BCUT2D eigenvalue weighted by Gasteiger charge is -2.34. The molecule has 0 spiro atoms. The molecule has 124 valence electrons. The molecule has 7 nitrogen and oxygen atoms in total. The fourth-order valence-electron chi connectivity index (χ4n) is 3.31. The summed E-state index contributed by atoms with van der Waals surface area (Å²) in [5, 5.41) is 5.34. The number of carbonyl (C=O) groups is 3. The second kappa shape index (κ2) is 5.40. The summed E-state index contributed by atoms with van der Waals surface area (Å²) in [4.78, 5) is 36.3. The van der Waals surface area contributed by atoms with Gasteiger partial charge in [0.25, 0.3) is 5.91 Å². The minimum Gasteiger partial charge on any atom is -0.466 e. The summed E-state index contributed by atoms with van der Waals surface area (Å²) >= 11 is 0. The molecule has 3 rings (SSSR count). The van der Waals surface area contributed by atoms with E-state index in [0.29, 0.717) is 0 Å². The minimum atomic E-state index is -0.519. The second-order valence-corrected chi connectivity index (χ2v) is 7.04. The van der Waals surface area contributed by atoms with Crippen LogP contribution in [0.25, 0.3) is 0 Å². The quantitative estimate of drug-likeness (QED) is 0.821. The van der Waals surface area contributed by atoms with Crippen LogP contribution in [0.15, 0.2) is 10.5 Å². The van der Waals surface area contributed by atoms with E-state index in [4.69, 9.17) is 4.42 Å². The first kappa shape index (κ1) is 15.6. The number of furan rings is 1. The van der Waals surface area contributed by atoms with Crippen LogP contribution in [-0.2, 0) is 16.0 Å². The Bertz CT molecular complexity index is 661. The van der Waals surface area contributed by atoms with Crippen molar-refractivity contribution in [3.05, 3.63) is 23.2 Å². The molecule has 2 N–H and O–H groups in total. The third-order valence-electron chi connectivity index (χ3n) is 4.31. The van der Waals surface area contributed by atoms with Crippen molar-refractivity contribution in [2.24, 2.45) is 5.41 Å². The van der Waals surface area contributed by atoms with Gasteiger partial charge < -0.3 is 15.1 Å². The lowest BCUT2D eigenvalue weighted by Crippen LogP contribution is -2.43. The van der Waals surface area contributed by atoms with Gasteiger partial charge in [0.2, 0.25) is 5.91 Å². The van der Waals surface area contributed by atoms with Gasteiger partial charge in [-0.05, 0) is 24.8 Å². The molecule has 1 fully saturated rings. The Hall–Kier alpha value is -2.31. The molecule has 0 radical (unpaired) electrons. The topological polar surface area (TPSA) is 91.7 Å². The molecule has 2 heterocycles. The fraction of sp³-hybridized carbons (Fsp3) is 0.562. The van der Waals surface area contributed by atoms with Gasteiger partial charge in [-0.3, -0.25) is 14.5 Å². The summed E-state index contributed by atoms with van der Waals surface area (Å²) in [6.45, 7) is 5.84. The van der Waals surface area contributed by atoms with Crippen LogP contribution in [0, 0.1) is 12.3 Å². The number of amides is 4. The maximum Gasteiger partial charge on any atom is 0.325 e. The number of aryl methyl sites for hydroxylation is 1. The number of rotatable bonds is 3. The zero-order chi connectivity index (χ0) is 16.8. The number of carbonyl (C=O) groups excluding carboxylic acids is 3. The molecule has 1 saturated heterocycles. The van der Waals surface area contributed by atoms with Gasteiger partial charge in [0.1, 0.15) is 18.1 Å². The summed E-state index contributed by atoms with van der Waals surface area (Å²) < 4.78 is 5.74. The number of hydrogen-bond acceptors (Lipinski definition) is 4. The third-order valence-corrected chi connectivity index (χ3v) is 4.31. The van der Waals surface area contributed by atoms with E-state index in [1.165, 1.54) is 0 Å². The van der Waals surface area contributed by atoms with Crippen molar-refractivity contribution in [3.8, 4) is 0 Å². The summed E-state index contributed by atoms with van der Waals surface area (Å²) in [5.74, 6) is 0.997.